The highest BCUT2D eigenvalue weighted by molar-refractivity contribution is 8.18. The zero-order valence-corrected chi connectivity index (χ0v) is 22.4. The average molecular weight is 553 g/mol. The Morgan fingerprint density at radius 3 is 2.44 bits per heavy atom. The maximum atomic E-state index is 16.3. The molecule has 2 aromatic rings. The van der Waals surface area contributed by atoms with Gasteiger partial charge in [0.15, 0.2) is 5.78 Å². The molecule has 1 saturated heterocycles. The molecular weight excluding hydrogens is 524 g/mol. The van der Waals surface area contributed by atoms with Gasteiger partial charge in [-0.05, 0) is 55.0 Å². The van der Waals surface area contributed by atoms with E-state index in [4.69, 9.17) is 9.47 Å². The summed E-state index contributed by atoms with van der Waals surface area (Å²) in [5.74, 6) is -0.00688. The molecule has 0 radical (unpaired) electrons. The van der Waals surface area contributed by atoms with E-state index in [9.17, 15) is 9.59 Å². The second-order valence-electron chi connectivity index (χ2n) is 9.10. The molecule has 1 aromatic carbocycles. The van der Waals surface area contributed by atoms with E-state index in [0.29, 0.717) is 60.2 Å². The Hall–Kier alpha value is -4.02. The first-order valence-electron chi connectivity index (χ1n) is 12.3. The van der Waals surface area contributed by atoms with E-state index in [1.165, 1.54) is 38.3 Å². The van der Waals surface area contributed by atoms with Crippen LogP contribution in [-0.4, -0.2) is 63.7 Å². The fraction of sp³-hybridized carbons (Fsp3) is 0.207. The normalized spacial score (nSPS) is 19.0. The third-order valence-corrected chi connectivity index (χ3v) is 8.29. The van der Waals surface area contributed by atoms with Crippen LogP contribution in [0.1, 0.15) is 34.2 Å². The highest BCUT2D eigenvalue weighted by Gasteiger charge is 2.52. The van der Waals surface area contributed by atoms with Crippen LogP contribution >= 0.6 is 11.2 Å². The molecule has 0 saturated carbocycles. The zero-order chi connectivity index (χ0) is 27.7. The van der Waals surface area contributed by atoms with Gasteiger partial charge in [0.25, 0.3) is 5.91 Å². The molecule has 39 heavy (non-hydrogen) atoms. The van der Waals surface area contributed by atoms with Crippen molar-refractivity contribution in [2.24, 2.45) is 0 Å². The van der Waals surface area contributed by atoms with Gasteiger partial charge in [-0.2, -0.15) is 0 Å². The first-order valence-corrected chi connectivity index (χ1v) is 13.7. The second kappa shape index (κ2) is 10.6. The molecule has 3 aliphatic rings. The van der Waals surface area contributed by atoms with Crippen molar-refractivity contribution in [1.29, 1.82) is 0 Å². The number of carbonyl (C=O) groups is 2. The van der Waals surface area contributed by atoms with Crippen molar-refractivity contribution < 1.29 is 30.8 Å². The fourth-order valence-electron chi connectivity index (χ4n) is 4.67. The van der Waals surface area contributed by atoms with Crippen molar-refractivity contribution in [2.75, 3.05) is 33.4 Å². The van der Waals surface area contributed by atoms with E-state index >= 15 is 7.77 Å². The SMILES string of the molecule is C=C(C=Cc1ccc2n1S(F)(F)[N+]1=C(C=CC(C)=O)C=CC1=C2c1ccc(C(=O)N2CCOCC2)cc1)OC. The number of ether oxygens (including phenoxy) is 2. The second-order valence-corrected chi connectivity index (χ2v) is 10.7. The minimum absolute atomic E-state index is 0.0938. The third kappa shape index (κ3) is 4.93. The lowest BCUT2D eigenvalue weighted by molar-refractivity contribution is -0.300. The van der Waals surface area contributed by atoms with Crippen LogP contribution in [0.5, 0.6) is 0 Å². The molecule has 1 fully saturated rings. The molecule has 4 heterocycles. The molecule has 0 N–H and O–H groups in total. The van der Waals surface area contributed by atoms with Crippen LogP contribution in [0, 0.1) is 0 Å². The van der Waals surface area contributed by atoms with Gasteiger partial charge in [-0.3, -0.25) is 9.59 Å². The molecule has 0 bridgehead atoms. The van der Waals surface area contributed by atoms with Gasteiger partial charge in [0.05, 0.1) is 37.3 Å². The van der Waals surface area contributed by atoms with Crippen LogP contribution in [0.25, 0.3) is 11.6 Å². The summed E-state index contributed by atoms with van der Waals surface area (Å²) in [7, 11) is 1.46. The summed E-state index contributed by atoms with van der Waals surface area (Å²) in [5, 5.41) is 0. The molecule has 0 unspecified atom stereocenters. The van der Waals surface area contributed by atoms with Crippen molar-refractivity contribution in [3.8, 4) is 0 Å². The largest absolute Gasteiger partial charge is 0.497 e. The zero-order valence-electron chi connectivity index (χ0n) is 21.6. The predicted octanol–water partition coefficient (Wildman–Crippen LogP) is 5.33. The van der Waals surface area contributed by atoms with Gasteiger partial charge in [0, 0.05) is 36.9 Å². The molecule has 1 amide bonds. The van der Waals surface area contributed by atoms with Crippen LogP contribution in [0.2, 0.25) is 0 Å². The number of carbonyl (C=O) groups excluding carboxylic acids is 2. The Kier molecular flexibility index (Phi) is 7.24. The highest BCUT2D eigenvalue weighted by Crippen LogP contribution is 2.62. The number of nitrogens with zero attached hydrogens (tertiary/aromatic N) is 3. The van der Waals surface area contributed by atoms with E-state index in [1.807, 2.05) is 0 Å². The Morgan fingerprint density at radius 2 is 1.77 bits per heavy atom. The minimum atomic E-state index is -4.60. The number of amides is 1. The van der Waals surface area contributed by atoms with Gasteiger partial charge >= 0.3 is 11.2 Å². The smallest absolute Gasteiger partial charge is 0.388 e. The lowest BCUT2D eigenvalue weighted by Gasteiger charge is -2.28. The summed E-state index contributed by atoms with van der Waals surface area (Å²) in [4.78, 5) is 26.3. The van der Waals surface area contributed by atoms with Crippen LogP contribution in [0.3, 0.4) is 0 Å². The first kappa shape index (κ1) is 26.6. The maximum Gasteiger partial charge on any atom is 0.388 e. The Labute approximate surface area is 227 Å². The average Bonchev–Trinajstić information content (AvgIpc) is 3.57. The molecule has 0 atom stereocenters. The number of allylic oxidation sites excluding steroid dienone is 5. The Morgan fingerprint density at radius 1 is 1.05 bits per heavy atom. The van der Waals surface area contributed by atoms with Gasteiger partial charge < -0.3 is 14.4 Å². The quantitative estimate of drug-likeness (QED) is 0.202. The van der Waals surface area contributed by atoms with Gasteiger partial charge in [-0.1, -0.05) is 30.5 Å². The topological polar surface area (TPSA) is 63.8 Å². The van der Waals surface area contributed by atoms with Gasteiger partial charge in [-0.15, -0.1) is 0 Å². The number of methoxy groups -OCH3 is 1. The van der Waals surface area contributed by atoms with Crippen molar-refractivity contribution in [3.63, 3.8) is 0 Å². The molecule has 10 heteroatoms. The number of aromatic nitrogens is 1. The Balaban J connectivity index is 1.64. The van der Waals surface area contributed by atoms with E-state index in [-0.39, 0.29) is 23.1 Å². The van der Waals surface area contributed by atoms with Crippen LogP contribution in [0.15, 0.2) is 84.8 Å². The number of hydrogen-bond acceptors (Lipinski definition) is 4. The molecular formula is C29H28F2N3O4S+. The van der Waals surface area contributed by atoms with E-state index in [2.05, 4.69) is 6.58 Å². The number of ketones is 1. The number of rotatable bonds is 7. The number of halogens is 2. The number of benzene rings is 1. The van der Waals surface area contributed by atoms with E-state index < -0.39 is 11.2 Å². The maximum absolute atomic E-state index is 16.3. The molecule has 0 aliphatic carbocycles. The monoisotopic (exact) mass is 552 g/mol. The standard InChI is InChI=1S/C29H28F2N3O4S/c1-20(35)4-10-24-12-14-26-28(22-6-8-23(9-7-22)29(36)32-16-18-38-19-17-32)27-15-13-25(11-5-21(2)37-3)34(27)39(30,31)33(24)26/h4-15H,2,16-19H2,1,3H3/q+1. The molecule has 1 aromatic heterocycles. The van der Waals surface area contributed by atoms with Crippen molar-refractivity contribution >= 4 is 40.2 Å². The first-order chi connectivity index (χ1) is 18.7. The summed E-state index contributed by atoms with van der Waals surface area (Å²) >= 11 is -4.60. The summed E-state index contributed by atoms with van der Waals surface area (Å²) in [6.45, 7) is 7.16. The number of hydrogen-bond donors (Lipinski definition) is 0. The van der Waals surface area contributed by atoms with Crippen molar-refractivity contribution in [2.45, 2.75) is 6.92 Å². The van der Waals surface area contributed by atoms with Crippen molar-refractivity contribution in [1.82, 2.24) is 8.87 Å². The molecule has 7 nitrogen and oxygen atoms in total. The van der Waals surface area contributed by atoms with Crippen molar-refractivity contribution in [3.05, 3.63) is 107 Å². The van der Waals surface area contributed by atoms with Crippen LogP contribution in [-0.2, 0) is 14.3 Å². The third-order valence-electron chi connectivity index (χ3n) is 6.59. The van der Waals surface area contributed by atoms with E-state index in [1.54, 1.807) is 53.5 Å². The van der Waals surface area contributed by atoms with Crippen LogP contribution in [0.4, 0.5) is 7.77 Å². The highest BCUT2D eigenvalue weighted by atomic mass is 32.3. The molecule has 5 rings (SSSR count). The molecule has 3 aliphatic heterocycles. The van der Waals surface area contributed by atoms with Crippen LogP contribution < -0.4 is 0 Å². The summed E-state index contributed by atoms with van der Waals surface area (Å²) in [5.41, 5.74) is 2.96. The number of fused-ring (bicyclic) bond motifs is 2. The van der Waals surface area contributed by atoms with E-state index in [0.717, 1.165) is 7.95 Å². The van der Waals surface area contributed by atoms with Gasteiger partial charge in [-0.25, -0.2) is 3.97 Å². The summed E-state index contributed by atoms with van der Waals surface area (Å²) < 4.78 is 45.0. The number of morpholine rings is 1. The summed E-state index contributed by atoms with van der Waals surface area (Å²) in [6.07, 6.45) is 8.98. The summed E-state index contributed by atoms with van der Waals surface area (Å²) in [6, 6.07) is 10.3. The lowest BCUT2D eigenvalue weighted by atomic mass is 9.99. The fourth-order valence-corrected chi connectivity index (χ4v) is 6.36. The van der Waals surface area contributed by atoms with Gasteiger partial charge in [0.1, 0.15) is 5.76 Å². The minimum Gasteiger partial charge on any atom is -0.497 e. The molecule has 0 spiro atoms. The lowest BCUT2D eigenvalue weighted by Crippen LogP contribution is -2.40. The molecule has 202 valence electrons. The van der Waals surface area contributed by atoms with Gasteiger partial charge in [0.2, 0.25) is 11.4 Å². The predicted molar refractivity (Wildman–Crippen MR) is 148 cm³/mol. The Bertz CT molecular complexity index is 1510.